The first-order valence-electron chi connectivity index (χ1n) is 12.2. The minimum absolute atomic E-state index is 0.164. The Bertz CT molecular complexity index is 1470. The summed E-state index contributed by atoms with van der Waals surface area (Å²) in [5, 5.41) is 1.00. The Labute approximate surface area is 236 Å². The lowest BCUT2D eigenvalue weighted by Crippen LogP contribution is -2.09. The van der Waals surface area contributed by atoms with Gasteiger partial charge in [-0.25, -0.2) is 9.78 Å². The zero-order chi connectivity index (χ0) is 27.6. The number of pyridine rings is 1. The van der Waals surface area contributed by atoms with E-state index in [1.165, 1.54) is 12.3 Å². The molecule has 3 aromatic carbocycles. The van der Waals surface area contributed by atoms with Crippen LogP contribution in [0.15, 0.2) is 91.1 Å². The average Bonchev–Trinajstić information content (AvgIpc) is 2.94. The number of ketones is 1. The van der Waals surface area contributed by atoms with E-state index in [0.29, 0.717) is 57.1 Å². The number of carbonyl (C=O) groups is 2. The maximum absolute atomic E-state index is 12.5. The molecule has 0 N–H and O–H groups in total. The van der Waals surface area contributed by atoms with E-state index in [1.54, 1.807) is 60.7 Å². The van der Waals surface area contributed by atoms with Crippen molar-refractivity contribution in [1.29, 1.82) is 0 Å². The molecular weight excluding hydrogens is 537 g/mol. The number of aromatic nitrogens is 1. The van der Waals surface area contributed by atoms with Gasteiger partial charge in [0.25, 0.3) is 0 Å². The molecule has 0 aliphatic rings. The molecule has 198 valence electrons. The van der Waals surface area contributed by atoms with Crippen molar-refractivity contribution in [3.8, 4) is 17.4 Å². The van der Waals surface area contributed by atoms with Crippen molar-refractivity contribution >= 4 is 41.0 Å². The van der Waals surface area contributed by atoms with Gasteiger partial charge in [0, 0.05) is 34.3 Å². The summed E-state index contributed by atoms with van der Waals surface area (Å²) in [6.07, 6.45) is 5.10. The topological polar surface area (TPSA) is 74.7 Å². The lowest BCUT2D eigenvalue weighted by molar-refractivity contribution is 0.0485. The fourth-order valence-electron chi connectivity index (χ4n) is 3.43. The van der Waals surface area contributed by atoms with Crippen molar-refractivity contribution in [3.63, 3.8) is 0 Å². The Kier molecular flexibility index (Phi) is 9.73. The molecule has 0 aliphatic heterocycles. The maximum Gasteiger partial charge on any atom is 0.338 e. The van der Waals surface area contributed by atoms with Crippen LogP contribution in [0, 0.1) is 6.92 Å². The molecule has 4 aromatic rings. The van der Waals surface area contributed by atoms with E-state index in [2.05, 4.69) is 4.98 Å². The van der Waals surface area contributed by atoms with E-state index in [1.807, 2.05) is 31.2 Å². The number of nitrogens with zero attached hydrogens (tertiary/aromatic N) is 1. The highest BCUT2D eigenvalue weighted by Crippen LogP contribution is 2.23. The smallest absolute Gasteiger partial charge is 0.338 e. The molecule has 0 bridgehead atoms. The lowest BCUT2D eigenvalue weighted by Gasteiger charge is -2.09. The van der Waals surface area contributed by atoms with Gasteiger partial charge >= 0.3 is 5.97 Å². The summed E-state index contributed by atoms with van der Waals surface area (Å²) in [5.74, 6) is 0.912. The average molecular weight is 562 g/mol. The Hall–Kier alpha value is -4.13. The maximum atomic E-state index is 12.5. The van der Waals surface area contributed by atoms with Gasteiger partial charge in [-0.15, -0.1) is 0 Å². The van der Waals surface area contributed by atoms with E-state index in [-0.39, 0.29) is 12.4 Å². The van der Waals surface area contributed by atoms with Crippen LogP contribution in [-0.2, 0) is 4.74 Å². The molecule has 0 saturated heterocycles. The standard InChI is InChI=1S/C31H25Cl2NO5/c1-21-3-10-27(11-4-21)39-30-19-24(15-16-34-30)31(36)38-18-2-17-37-26-12-6-23(7-13-26)29(35)14-8-22-5-9-25(32)20-28(22)33/h3-16,19-20H,2,17-18H2,1H3/b14-8+. The second kappa shape index (κ2) is 13.6. The molecule has 39 heavy (non-hydrogen) atoms. The highest BCUT2D eigenvalue weighted by atomic mass is 35.5. The minimum Gasteiger partial charge on any atom is -0.493 e. The van der Waals surface area contributed by atoms with E-state index >= 15 is 0 Å². The molecule has 8 heteroatoms. The lowest BCUT2D eigenvalue weighted by atomic mass is 10.1. The van der Waals surface area contributed by atoms with Crippen molar-refractivity contribution in [2.24, 2.45) is 0 Å². The second-order valence-electron chi connectivity index (χ2n) is 8.52. The second-order valence-corrected chi connectivity index (χ2v) is 9.37. The van der Waals surface area contributed by atoms with Gasteiger partial charge in [0.15, 0.2) is 5.78 Å². The SMILES string of the molecule is Cc1ccc(Oc2cc(C(=O)OCCCOc3ccc(C(=O)/C=C/c4ccc(Cl)cc4Cl)cc3)ccn2)cc1. The van der Waals surface area contributed by atoms with E-state index in [0.717, 1.165) is 5.56 Å². The molecule has 0 saturated carbocycles. The number of aryl methyl sites for hydroxylation is 1. The van der Waals surface area contributed by atoms with Crippen LogP contribution in [0.25, 0.3) is 6.08 Å². The Balaban J connectivity index is 1.19. The van der Waals surface area contributed by atoms with E-state index in [9.17, 15) is 9.59 Å². The van der Waals surface area contributed by atoms with Crippen LogP contribution in [0.1, 0.15) is 38.3 Å². The number of ether oxygens (including phenoxy) is 3. The monoisotopic (exact) mass is 561 g/mol. The van der Waals surface area contributed by atoms with Crippen LogP contribution in [0.4, 0.5) is 0 Å². The minimum atomic E-state index is -0.470. The summed E-state index contributed by atoms with van der Waals surface area (Å²) >= 11 is 12.0. The van der Waals surface area contributed by atoms with Gasteiger partial charge in [-0.05, 0) is 79.2 Å². The number of hydrogen-bond acceptors (Lipinski definition) is 6. The molecule has 0 fully saturated rings. The van der Waals surface area contributed by atoms with Gasteiger partial charge in [0.2, 0.25) is 5.88 Å². The van der Waals surface area contributed by atoms with Gasteiger partial charge in [-0.1, -0.05) is 47.0 Å². The summed E-state index contributed by atoms with van der Waals surface area (Å²) < 4.78 is 16.8. The van der Waals surface area contributed by atoms with Crippen molar-refractivity contribution in [2.45, 2.75) is 13.3 Å². The summed E-state index contributed by atoms with van der Waals surface area (Å²) in [4.78, 5) is 29.0. The first kappa shape index (κ1) is 27.9. The summed E-state index contributed by atoms with van der Waals surface area (Å²) in [7, 11) is 0. The Morgan fingerprint density at radius 1 is 0.846 bits per heavy atom. The van der Waals surface area contributed by atoms with Gasteiger partial charge < -0.3 is 14.2 Å². The Morgan fingerprint density at radius 3 is 2.33 bits per heavy atom. The zero-order valence-corrected chi connectivity index (χ0v) is 22.6. The fourth-order valence-corrected chi connectivity index (χ4v) is 3.90. The third kappa shape index (κ3) is 8.43. The van der Waals surface area contributed by atoms with Crippen LogP contribution >= 0.6 is 23.2 Å². The normalized spacial score (nSPS) is 10.8. The predicted octanol–water partition coefficient (Wildman–Crippen LogP) is 8.01. The van der Waals surface area contributed by atoms with E-state index in [4.69, 9.17) is 37.4 Å². The number of benzene rings is 3. The number of allylic oxidation sites excluding steroid dienone is 1. The number of carbonyl (C=O) groups excluding carboxylic acids is 2. The van der Waals surface area contributed by atoms with Crippen molar-refractivity contribution < 1.29 is 23.8 Å². The third-order valence-electron chi connectivity index (χ3n) is 5.52. The van der Waals surface area contributed by atoms with Crippen LogP contribution < -0.4 is 9.47 Å². The first-order chi connectivity index (χ1) is 18.9. The van der Waals surface area contributed by atoms with Crippen LogP contribution in [0.5, 0.6) is 17.4 Å². The van der Waals surface area contributed by atoms with Gasteiger partial charge in [0.05, 0.1) is 18.8 Å². The molecule has 0 radical (unpaired) electrons. The van der Waals surface area contributed by atoms with Crippen molar-refractivity contribution in [3.05, 3.63) is 123 Å². The molecule has 0 atom stereocenters. The van der Waals surface area contributed by atoms with Crippen LogP contribution in [0.2, 0.25) is 10.0 Å². The molecule has 1 aromatic heterocycles. The predicted molar refractivity (Wildman–Crippen MR) is 152 cm³/mol. The summed E-state index contributed by atoms with van der Waals surface area (Å²) in [6.45, 7) is 2.51. The largest absolute Gasteiger partial charge is 0.493 e. The first-order valence-corrected chi connectivity index (χ1v) is 12.9. The highest BCUT2D eigenvalue weighted by Gasteiger charge is 2.10. The number of hydrogen-bond donors (Lipinski definition) is 0. The number of halogens is 2. The molecule has 0 unspecified atom stereocenters. The Morgan fingerprint density at radius 2 is 1.59 bits per heavy atom. The van der Waals surface area contributed by atoms with E-state index < -0.39 is 5.97 Å². The van der Waals surface area contributed by atoms with Crippen molar-refractivity contribution in [2.75, 3.05) is 13.2 Å². The molecule has 0 spiro atoms. The number of rotatable bonds is 11. The molecular formula is C31H25Cl2NO5. The fraction of sp³-hybridized carbons (Fsp3) is 0.129. The van der Waals surface area contributed by atoms with Gasteiger partial charge in [-0.3, -0.25) is 4.79 Å². The molecule has 4 rings (SSSR count). The van der Waals surface area contributed by atoms with Gasteiger partial charge in [0.1, 0.15) is 11.5 Å². The van der Waals surface area contributed by atoms with Crippen LogP contribution in [0.3, 0.4) is 0 Å². The molecule has 0 aliphatic carbocycles. The summed E-state index contributed by atoms with van der Waals surface area (Å²) in [6, 6.07) is 22.5. The quantitative estimate of drug-likeness (QED) is 0.0798. The van der Waals surface area contributed by atoms with Gasteiger partial charge in [-0.2, -0.15) is 0 Å². The molecule has 1 heterocycles. The summed E-state index contributed by atoms with van der Waals surface area (Å²) in [5.41, 5.74) is 2.69. The zero-order valence-electron chi connectivity index (χ0n) is 21.1. The molecule has 0 amide bonds. The number of esters is 1. The van der Waals surface area contributed by atoms with Crippen LogP contribution in [-0.4, -0.2) is 30.0 Å². The molecule has 6 nitrogen and oxygen atoms in total. The third-order valence-corrected chi connectivity index (χ3v) is 6.08. The van der Waals surface area contributed by atoms with Crippen molar-refractivity contribution in [1.82, 2.24) is 4.98 Å². The highest BCUT2D eigenvalue weighted by molar-refractivity contribution is 6.35.